The Kier molecular flexibility index (Phi) is 5.96. The molecule has 0 bridgehead atoms. The lowest BCUT2D eigenvalue weighted by Gasteiger charge is -2.21. The van der Waals surface area contributed by atoms with E-state index < -0.39 is 0 Å². The molecule has 1 unspecified atom stereocenters. The van der Waals surface area contributed by atoms with Crippen molar-refractivity contribution in [3.63, 3.8) is 0 Å². The highest BCUT2D eigenvalue weighted by molar-refractivity contribution is 9.10. The highest BCUT2D eigenvalue weighted by Gasteiger charge is 2.23. The van der Waals surface area contributed by atoms with Crippen LogP contribution in [0.25, 0.3) is 0 Å². The maximum Gasteiger partial charge on any atom is 0.141 e. The van der Waals surface area contributed by atoms with Crippen molar-refractivity contribution in [2.75, 3.05) is 20.8 Å². The van der Waals surface area contributed by atoms with E-state index in [1.807, 2.05) is 17.5 Å². The molecule has 2 aromatic rings. The number of ether oxygens (including phenoxy) is 2. The zero-order chi connectivity index (χ0) is 15.2. The van der Waals surface area contributed by atoms with Gasteiger partial charge in [0.1, 0.15) is 16.0 Å². The number of aromatic nitrogens is 2. The molecule has 5 nitrogen and oxygen atoms in total. The van der Waals surface area contributed by atoms with Crippen LogP contribution in [-0.2, 0) is 0 Å². The summed E-state index contributed by atoms with van der Waals surface area (Å²) < 4.78 is 15.7. The molecule has 1 atom stereocenters. The smallest absolute Gasteiger partial charge is 0.141 e. The summed E-state index contributed by atoms with van der Waals surface area (Å²) in [6, 6.07) is 3.86. The number of nitrogens with zero attached hydrogens (tertiary/aromatic N) is 2. The van der Waals surface area contributed by atoms with Crippen LogP contribution in [-0.4, -0.2) is 30.4 Å². The van der Waals surface area contributed by atoms with E-state index >= 15 is 0 Å². The van der Waals surface area contributed by atoms with Gasteiger partial charge in [-0.3, -0.25) is 0 Å². The fraction of sp³-hybridized carbons (Fsp3) is 0.429. The first-order valence-electron chi connectivity index (χ1n) is 6.63. The molecular formula is C14H18BrN3O2S. The van der Waals surface area contributed by atoms with Gasteiger partial charge in [0.25, 0.3) is 0 Å². The Bertz CT molecular complexity index is 578. The van der Waals surface area contributed by atoms with Crippen LogP contribution in [0.5, 0.6) is 11.5 Å². The maximum absolute atomic E-state index is 5.57. The van der Waals surface area contributed by atoms with Gasteiger partial charge < -0.3 is 14.8 Å². The van der Waals surface area contributed by atoms with Gasteiger partial charge >= 0.3 is 0 Å². The second kappa shape index (κ2) is 7.72. The zero-order valence-corrected chi connectivity index (χ0v) is 14.6. The molecule has 7 heteroatoms. The summed E-state index contributed by atoms with van der Waals surface area (Å²) in [4.78, 5) is 0. The van der Waals surface area contributed by atoms with Crippen molar-refractivity contribution in [1.82, 2.24) is 14.9 Å². The van der Waals surface area contributed by atoms with Crippen LogP contribution in [0.1, 0.15) is 30.6 Å². The van der Waals surface area contributed by atoms with Crippen molar-refractivity contribution in [3.8, 4) is 11.5 Å². The van der Waals surface area contributed by atoms with Gasteiger partial charge in [0, 0.05) is 10.9 Å². The van der Waals surface area contributed by atoms with Crippen LogP contribution in [0.2, 0.25) is 0 Å². The van der Waals surface area contributed by atoms with E-state index in [2.05, 4.69) is 37.8 Å². The highest BCUT2D eigenvalue weighted by Crippen LogP contribution is 2.41. The van der Waals surface area contributed by atoms with Crippen molar-refractivity contribution in [2.24, 2.45) is 0 Å². The van der Waals surface area contributed by atoms with E-state index in [4.69, 9.17) is 9.47 Å². The summed E-state index contributed by atoms with van der Waals surface area (Å²) in [5, 5.41) is 9.64. The summed E-state index contributed by atoms with van der Waals surface area (Å²) in [5.41, 5.74) is 1.90. The third kappa shape index (κ3) is 3.53. The number of methoxy groups -OCH3 is 2. The first-order valence-corrected chi connectivity index (χ1v) is 8.26. The van der Waals surface area contributed by atoms with Crippen molar-refractivity contribution < 1.29 is 9.47 Å². The average Bonchev–Trinajstić information content (AvgIpc) is 3.02. The lowest BCUT2D eigenvalue weighted by molar-refractivity contribution is 0.382. The largest absolute Gasteiger partial charge is 0.495 e. The fourth-order valence-corrected chi connectivity index (χ4v) is 3.27. The molecule has 0 spiro atoms. The molecule has 114 valence electrons. The standard InChI is InChI=1S/C14H18BrN3O2S/c1-4-7-16-13(10-8-21-18-17-10)9-5-6-11(19-2)12(15)14(9)20-3/h5-6,8,13,16H,4,7H2,1-3H3. The SMILES string of the molecule is CCCNC(c1csnn1)c1ccc(OC)c(Br)c1OC. The van der Waals surface area contributed by atoms with E-state index in [1.165, 1.54) is 11.5 Å². The van der Waals surface area contributed by atoms with Crippen molar-refractivity contribution in [1.29, 1.82) is 0 Å². The summed E-state index contributed by atoms with van der Waals surface area (Å²) in [7, 11) is 3.29. The summed E-state index contributed by atoms with van der Waals surface area (Å²) in [6.07, 6.45) is 1.04. The van der Waals surface area contributed by atoms with Crippen molar-refractivity contribution in [2.45, 2.75) is 19.4 Å². The van der Waals surface area contributed by atoms with Gasteiger partial charge in [0.05, 0.1) is 26.0 Å². The molecule has 0 aliphatic heterocycles. The monoisotopic (exact) mass is 371 g/mol. The maximum atomic E-state index is 5.57. The predicted molar refractivity (Wildman–Crippen MR) is 87.3 cm³/mol. The Labute approximate surface area is 137 Å². The van der Waals surface area contributed by atoms with E-state index in [1.54, 1.807) is 14.2 Å². The summed E-state index contributed by atoms with van der Waals surface area (Å²) in [5.74, 6) is 1.48. The molecule has 1 aromatic carbocycles. The topological polar surface area (TPSA) is 56.3 Å². The number of halogens is 1. The minimum atomic E-state index is -0.0548. The van der Waals surface area contributed by atoms with Crippen LogP contribution < -0.4 is 14.8 Å². The molecule has 21 heavy (non-hydrogen) atoms. The van der Waals surface area contributed by atoms with E-state index in [0.717, 1.165) is 40.2 Å². The first kappa shape index (κ1) is 16.2. The second-order valence-electron chi connectivity index (χ2n) is 4.42. The molecule has 1 heterocycles. The Morgan fingerprint density at radius 2 is 2.14 bits per heavy atom. The lowest BCUT2D eigenvalue weighted by Crippen LogP contribution is -2.24. The van der Waals surface area contributed by atoms with Gasteiger partial charge in [-0.1, -0.05) is 11.4 Å². The van der Waals surface area contributed by atoms with Gasteiger partial charge in [-0.2, -0.15) is 0 Å². The predicted octanol–water partition coefficient (Wildman–Crippen LogP) is 3.41. The van der Waals surface area contributed by atoms with Gasteiger partial charge in [-0.15, -0.1) is 5.10 Å². The second-order valence-corrected chi connectivity index (χ2v) is 5.82. The quantitative estimate of drug-likeness (QED) is 0.807. The van der Waals surface area contributed by atoms with Gasteiger partial charge in [-0.05, 0) is 52.6 Å². The van der Waals surface area contributed by atoms with Crippen LogP contribution >= 0.6 is 27.5 Å². The van der Waals surface area contributed by atoms with E-state index in [0.29, 0.717) is 0 Å². The molecule has 2 rings (SSSR count). The summed E-state index contributed by atoms with van der Waals surface area (Å²) in [6.45, 7) is 3.01. The van der Waals surface area contributed by atoms with Crippen molar-refractivity contribution >= 4 is 27.5 Å². The zero-order valence-electron chi connectivity index (χ0n) is 12.2. The molecule has 0 saturated carbocycles. The number of hydrogen-bond acceptors (Lipinski definition) is 6. The Balaban J connectivity index is 2.46. The Morgan fingerprint density at radius 3 is 2.71 bits per heavy atom. The molecule has 0 aliphatic rings. The molecule has 0 saturated heterocycles. The van der Waals surface area contributed by atoms with Gasteiger partial charge in [0.15, 0.2) is 0 Å². The molecule has 0 fully saturated rings. The number of hydrogen-bond donors (Lipinski definition) is 1. The molecule has 1 N–H and O–H groups in total. The van der Waals surface area contributed by atoms with Crippen LogP contribution in [0.15, 0.2) is 22.0 Å². The number of nitrogens with one attached hydrogen (secondary N) is 1. The molecule has 0 aliphatic carbocycles. The fourth-order valence-electron chi connectivity index (χ4n) is 2.11. The van der Waals surface area contributed by atoms with Gasteiger partial charge in [0.2, 0.25) is 0 Å². The first-order chi connectivity index (χ1) is 10.2. The molecule has 0 amide bonds. The van der Waals surface area contributed by atoms with Crippen LogP contribution in [0, 0.1) is 0 Å². The third-order valence-electron chi connectivity index (χ3n) is 3.10. The highest BCUT2D eigenvalue weighted by atomic mass is 79.9. The van der Waals surface area contributed by atoms with Gasteiger partial charge in [-0.25, -0.2) is 0 Å². The van der Waals surface area contributed by atoms with Crippen LogP contribution in [0.4, 0.5) is 0 Å². The minimum absolute atomic E-state index is 0.0548. The van der Waals surface area contributed by atoms with Crippen LogP contribution in [0.3, 0.4) is 0 Å². The summed E-state index contributed by atoms with van der Waals surface area (Å²) >= 11 is 4.88. The number of rotatable bonds is 7. The molecule has 0 radical (unpaired) electrons. The lowest BCUT2D eigenvalue weighted by atomic mass is 10.0. The third-order valence-corrected chi connectivity index (χ3v) is 4.37. The molecule has 1 aromatic heterocycles. The van der Waals surface area contributed by atoms with E-state index in [9.17, 15) is 0 Å². The van der Waals surface area contributed by atoms with Crippen molar-refractivity contribution in [3.05, 3.63) is 33.2 Å². The van der Waals surface area contributed by atoms with E-state index in [-0.39, 0.29) is 6.04 Å². The molecular weight excluding hydrogens is 354 g/mol. The number of benzene rings is 1. The average molecular weight is 372 g/mol. The Hall–Kier alpha value is -1.18. The minimum Gasteiger partial charge on any atom is -0.495 e. The normalized spacial score (nSPS) is 12.2. The Morgan fingerprint density at radius 1 is 1.33 bits per heavy atom.